The smallest absolute Gasteiger partial charge is 0.429 e. The Morgan fingerprint density at radius 2 is 1.88 bits per heavy atom. The zero-order valence-corrected chi connectivity index (χ0v) is 12.4. The number of nitriles is 1. The summed E-state index contributed by atoms with van der Waals surface area (Å²) in [4.78, 5) is 0. The number of nitrogens with zero attached hydrogens (tertiary/aromatic N) is 1. The van der Waals surface area contributed by atoms with Crippen LogP contribution >= 0.6 is 0 Å². The molecule has 0 aliphatic carbocycles. The van der Waals surface area contributed by atoms with E-state index >= 15 is 0 Å². The highest BCUT2D eigenvalue weighted by atomic mass is 19.4. The lowest BCUT2D eigenvalue weighted by molar-refractivity contribution is -0.225. The first-order valence-electron chi connectivity index (χ1n) is 6.90. The van der Waals surface area contributed by atoms with Crippen molar-refractivity contribution in [3.63, 3.8) is 0 Å². The Bertz CT molecular complexity index is 919. The van der Waals surface area contributed by atoms with Crippen LogP contribution in [0.1, 0.15) is 22.8 Å². The molecule has 2 aromatic rings. The number of benzene rings is 2. The third-order valence-electron chi connectivity index (χ3n) is 3.52. The largest absolute Gasteiger partial charge is 0.453 e. The Kier molecular flexibility index (Phi) is 3.99. The van der Waals surface area contributed by atoms with Gasteiger partial charge in [0.05, 0.1) is 17.2 Å². The van der Waals surface area contributed by atoms with Crippen molar-refractivity contribution in [1.29, 1.82) is 5.26 Å². The molecule has 0 radical (unpaired) electrons. The molecule has 0 spiro atoms. The van der Waals surface area contributed by atoms with Crippen molar-refractivity contribution in [2.75, 3.05) is 0 Å². The van der Waals surface area contributed by atoms with Gasteiger partial charge < -0.3 is 14.6 Å². The van der Waals surface area contributed by atoms with Crippen LogP contribution in [0.15, 0.2) is 30.3 Å². The molecule has 0 saturated carbocycles. The molecule has 0 amide bonds. The second-order valence-corrected chi connectivity index (χ2v) is 5.31. The fraction of sp³-hybridized carbons (Fsp3) is 0.188. The third kappa shape index (κ3) is 3.01. The fourth-order valence-corrected chi connectivity index (χ4v) is 2.46. The lowest BCUT2D eigenvalue weighted by Gasteiger charge is -2.15. The number of hydrogen-bond acceptors (Lipinski definition) is 4. The van der Waals surface area contributed by atoms with E-state index in [1.54, 1.807) is 6.07 Å². The Labute approximate surface area is 141 Å². The van der Waals surface area contributed by atoms with Crippen LogP contribution in [-0.4, -0.2) is 11.2 Å². The first-order valence-corrected chi connectivity index (χ1v) is 6.90. The van der Waals surface area contributed by atoms with Crippen LogP contribution < -0.4 is 9.47 Å². The number of halogens is 6. The van der Waals surface area contributed by atoms with Crippen LogP contribution in [0.5, 0.6) is 17.2 Å². The minimum absolute atomic E-state index is 0.158. The third-order valence-corrected chi connectivity index (χ3v) is 3.52. The van der Waals surface area contributed by atoms with Gasteiger partial charge in [-0.25, -0.2) is 4.39 Å². The van der Waals surface area contributed by atoms with E-state index in [0.29, 0.717) is 12.1 Å². The number of alkyl halides is 5. The summed E-state index contributed by atoms with van der Waals surface area (Å²) in [5, 5.41) is 18.3. The molecule has 26 heavy (non-hydrogen) atoms. The van der Waals surface area contributed by atoms with Crippen LogP contribution in [-0.2, 0) is 6.18 Å². The molecule has 136 valence electrons. The minimum atomic E-state index is -5.03. The van der Waals surface area contributed by atoms with Gasteiger partial charge in [-0.15, -0.1) is 0 Å². The lowest BCUT2D eigenvalue weighted by Crippen LogP contribution is -2.27. The van der Waals surface area contributed by atoms with E-state index in [4.69, 9.17) is 10.00 Å². The highest BCUT2D eigenvalue weighted by Gasteiger charge is 2.55. The minimum Gasteiger partial charge on any atom is -0.453 e. The van der Waals surface area contributed by atoms with E-state index in [2.05, 4.69) is 4.74 Å². The average molecular weight is 375 g/mol. The second kappa shape index (κ2) is 5.81. The average Bonchev–Trinajstić information content (AvgIpc) is 2.77. The van der Waals surface area contributed by atoms with Crippen molar-refractivity contribution in [2.24, 2.45) is 0 Å². The predicted octanol–water partition coefficient (Wildman–Crippen LogP) is 4.53. The number of aliphatic hydroxyl groups is 1. The van der Waals surface area contributed by atoms with Gasteiger partial charge >= 0.3 is 12.3 Å². The summed E-state index contributed by atoms with van der Waals surface area (Å²) in [6, 6.07) is 5.50. The monoisotopic (exact) mass is 375 g/mol. The summed E-state index contributed by atoms with van der Waals surface area (Å²) in [7, 11) is 0. The number of aliphatic hydroxyl groups excluding tert-OH is 1. The van der Waals surface area contributed by atoms with Crippen LogP contribution in [0.4, 0.5) is 26.3 Å². The topological polar surface area (TPSA) is 62.5 Å². The Morgan fingerprint density at radius 1 is 1.19 bits per heavy atom. The van der Waals surface area contributed by atoms with Gasteiger partial charge in [0, 0.05) is 11.6 Å². The highest BCUT2D eigenvalue weighted by molar-refractivity contribution is 5.57. The molecule has 3 rings (SSSR count). The molecule has 10 heteroatoms. The van der Waals surface area contributed by atoms with Gasteiger partial charge in [-0.2, -0.15) is 27.2 Å². The van der Waals surface area contributed by atoms with Crippen LogP contribution in [0, 0.1) is 17.1 Å². The van der Waals surface area contributed by atoms with Crippen molar-refractivity contribution < 1.29 is 40.9 Å². The number of hydrogen-bond donors (Lipinski definition) is 1. The van der Waals surface area contributed by atoms with E-state index in [1.165, 1.54) is 0 Å². The van der Waals surface area contributed by atoms with Gasteiger partial charge in [0.15, 0.2) is 17.6 Å². The summed E-state index contributed by atoms with van der Waals surface area (Å²) in [6.45, 7) is 0. The molecule has 0 bridgehead atoms. The molecule has 1 atom stereocenters. The summed E-state index contributed by atoms with van der Waals surface area (Å²) in [5.41, 5.74) is -2.85. The maximum Gasteiger partial charge on any atom is 0.429 e. The highest BCUT2D eigenvalue weighted by Crippen LogP contribution is 2.54. The van der Waals surface area contributed by atoms with Gasteiger partial charge in [-0.1, -0.05) is 0 Å². The molecule has 4 nitrogen and oxygen atoms in total. The molecule has 1 aliphatic heterocycles. The lowest BCUT2D eigenvalue weighted by atomic mass is 10.0. The molecular formula is C16H7F6NO3. The summed E-state index contributed by atoms with van der Waals surface area (Å²) in [6.07, 6.45) is -12.2. The van der Waals surface area contributed by atoms with Crippen molar-refractivity contribution >= 4 is 0 Å². The fourth-order valence-electron chi connectivity index (χ4n) is 2.46. The van der Waals surface area contributed by atoms with Crippen LogP contribution in [0.2, 0.25) is 0 Å². The van der Waals surface area contributed by atoms with Gasteiger partial charge in [0.25, 0.3) is 0 Å². The van der Waals surface area contributed by atoms with Crippen molar-refractivity contribution in [3.05, 3.63) is 52.8 Å². The maximum absolute atomic E-state index is 13.6. The quantitative estimate of drug-likeness (QED) is 0.784. The van der Waals surface area contributed by atoms with Gasteiger partial charge in [0.2, 0.25) is 0 Å². The molecule has 0 aromatic heterocycles. The van der Waals surface area contributed by atoms with E-state index in [9.17, 15) is 31.4 Å². The molecule has 1 N–H and O–H groups in total. The normalized spacial score (nSPS) is 18.0. The van der Waals surface area contributed by atoms with E-state index in [0.717, 1.165) is 18.2 Å². The molecule has 0 saturated heterocycles. The van der Waals surface area contributed by atoms with Crippen LogP contribution in [0.3, 0.4) is 0 Å². The Hall–Kier alpha value is -2.93. The van der Waals surface area contributed by atoms with Crippen molar-refractivity contribution in [1.82, 2.24) is 0 Å². The summed E-state index contributed by atoms with van der Waals surface area (Å²) < 4.78 is 89.0. The number of rotatable bonds is 2. The molecule has 0 fully saturated rings. The Balaban J connectivity index is 2.12. The summed E-state index contributed by atoms with van der Waals surface area (Å²) in [5.74, 6) is -2.82. The molecule has 1 unspecified atom stereocenters. The van der Waals surface area contributed by atoms with Gasteiger partial charge in [0.1, 0.15) is 11.6 Å². The summed E-state index contributed by atoms with van der Waals surface area (Å²) >= 11 is 0. The zero-order chi connectivity index (χ0) is 19.3. The molecule has 2 aromatic carbocycles. The molecular weight excluding hydrogens is 368 g/mol. The van der Waals surface area contributed by atoms with E-state index in [1.807, 2.05) is 0 Å². The van der Waals surface area contributed by atoms with Gasteiger partial charge in [-0.05, 0) is 24.3 Å². The SMILES string of the molecule is N#Cc1cc(F)cc(Oc2ccc(C(F)(F)F)c3c2OC(F)(F)C3O)c1. The molecule has 1 heterocycles. The Morgan fingerprint density at radius 3 is 2.50 bits per heavy atom. The maximum atomic E-state index is 13.6. The van der Waals surface area contributed by atoms with Crippen molar-refractivity contribution in [2.45, 2.75) is 18.4 Å². The van der Waals surface area contributed by atoms with Gasteiger partial charge in [-0.3, -0.25) is 0 Å². The standard InChI is InChI=1S/C16H7F6NO3/c17-8-3-7(6-23)4-9(5-8)25-11-2-1-10(15(18,19)20)12-13(11)26-16(21,22)14(12)24/h1-5,14,24H. The molecule has 1 aliphatic rings. The first-order chi connectivity index (χ1) is 12.0. The van der Waals surface area contributed by atoms with E-state index < -0.39 is 46.8 Å². The second-order valence-electron chi connectivity index (χ2n) is 5.31. The predicted molar refractivity (Wildman–Crippen MR) is 73.2 cm³/mol. The van der Waals surface area contributed by atoms with Crippen molar-refractivity contribution in [3.8, 4) is 23.3 Å². The zero-order valence-electron chi connectivity index (χ0n) is 12.4. The number of ether oxygens (including phenoxy) is 2. The first kappa shape index (κ1) is 17.9. The van der Waals surface area contributed by atoms with E-state index in [-0.39, 0.29) is 11.3 Å². The van der Waals surface area contributed by atoms with Crippen LogP contribution in [0.25, 0.3) is 0 Å². The number of fused-ring (bicyclic) bond motifs is 1.